The van der Waals surface area contributed by atoms with Crippen LogP contribution in [0.4, 0.5) is 16.2 Å². The van der Waals surface area contributed by atoms with E-state index in [2.05, 4.69) is 15.2 Å². The van der Waals surface area contributed by atoms with E-state index in [4.69, 9.17) is 14.5 Å². The molecule has 8 heteroatoms. The number of ether oxygens (including phenoxy) is 2. The lowest BCUT2D eigenvalue weighted by Gasteiger charge is -2.29. The first-order valence-corrected chi connectivity index (χ1v) is 12.0. The summed E-state index contributed by atoms with van der Waals surface area (Å²) < 4.78 is 25.2. The Bertz CT molecular complexity index is 1170. The average Bonchev–Trinajstić information content (AvgIpc) is 3.37. The number of piperidine rings is 1. The fourth-order valence-corrected chi connectivity index (χ4v) is 4.74. The zero-order valence-corrected chi connectivity index (χ0v) is 19.3. The summed E-state index contributed by atoms with van der Waals surface area (Å²) in [6.45, 7) is 1.78. The predicted molar refractivity (Wildman–Crippen MR) is 129 cm³/mol. The number of anilines is 2. The zero-order valence-electron chi connectivity index (χ0n) is 19.3. The molecule has 7 nitrogen and oxygen atoms in total. The van der Waals surface area contributed by atoms with Gasteiger partial charge in [0.25, 0.3) is 5.91 Å². The van der Waals surface area contributed by atoms with E-state index in [0.29, 0.717) is 22.6 Å². The molecule has 1 N–H and O–H groups in total. The highest BCUT2D eigenvalue weighted by atomic mass is 19.1. The van der Waals surface area contributed by atoms with Crippen molar-refractivity contribution in [3.05, 3.63) is 47.8 Å². The second-order valence-electron chi connectivity index (χ2n) is 8.92. The summed E-state index contributed by atoms with van der Waals surface area (Å²) >= 11 is 0. The van der Waals surface area contributed by atoms with E-state index in [-0.39, 0.29) is 18.0 Å². The molecule has 2 aliphatic rings. The van der Waals surface area contributed by atoms with Gasteiger partial charge in [0.1, 0.15) is 11.6 Å². The van der Waals surface area contributed by atoms with Gasteiger partial charge in [-0.1, -0.05) is 0 Å². The molecule has 178 valence electrons. The van der Waals surface area contributed by atoms with E-state index < -0.39 is 5.82 Å². The summed E-state index contributed by atoms with van der Waals surface area (Å²) in [6, 6.07) is 9.22. The molecule has 3 aromatic rings. The molecule has 0 radical (unpaired) electrons. The molecule has 1 saturated carbocycles. The third-order valence-electron chi connectivity index (χ3n) is 6.54. The second kappa shape index (κ2) is 9.83. The first-order chi connectivity index (χ1) is 16.6. The van der Waals surface area contributed by atoms with Crippen molar-refractivity contribution in [3.63, 3.8) is 0 Å². The third kappa shape index (κ3) is 4.76. The van der Waals surface area contributed by atoms with Gasteiger partial charge in [-0.3, -0.25) is 10.1 Å². The molecule has 1 aliphatic heterocycles. The van der Waals surface area contributed by atoms with Crippen LogP contribution in [0.5, 0.6) is 11.5 Å². The summed E-state index contributed by atoms with van der Waals surface area (Å²) in [5, 5.41) is 3.65. The number of methoxy groups -OCH3 is 1. The van der Waals surface area contributed by atoms with Gasteiger partial charge >= 0.3 is 0 Å². The number of hydrogen-bond acceptors (Lipinski definition) is 6. The quantitative estimate of drug-likeness (QED) is 0.531. The van der Waals surface area contributed by atoms with Gasteiger partial charge in [0, 0.05) is 30.1 Å². The molecule has 1 saturated heterocycles. The molecule has 0 spiro atoms. The SMILES string of the molecule is COc1cc2c(N3CCCCC3)nc(NC(=O)c3ccc(F)cc3)nc2cc1OC1CCCC1. The number of aromatic nitrogens is 2. The Morgan fingerprint density at radius 2 is 1.74 bits per heavy atom. The van der Waals surface area contributed by atoms with Crippen molar-refractivity contribution in [2.75, 3.05) is 30.4 Å². The van der Waals surface area contributed by atoms with Gasteiger partial charge in [-0.25, -0.2) is 9.37 Å². The van der Waals surface area contributed by atoms with Crippen LogP contribution in [0.25, 0.3) is 10.9 Å². The molecule has 0 unspecified atom stereocenters. The van der Waals surface area contributed by atoms with E-state index in [1.807, 2.05) is 12.1 Å². The molecule has 1 amide bonds. The van der Waals surface area contributed by atoms with Gasteiger partial charge in [-0.2, -0.15) is 4.98 Å². The van der Waals surface area contributed by atoms with E-state index in [1.165, 1.54) is 43.5 Å². The third-order valence-corrected chi connectivity index (χ3v) is 6.54. The van der Waals surface area contributed by atoms with Crippen LogP contribution >= 0.6 is 0 Å². The monoisotopic (exact) mass is 464 g/mol. The fourth-order valence-electron chi connectivity index (χ4n) is 4.74. The Hall–Kier alpha value is -3.42. The Morgan fingerprint density at radius 3 is 2.44 bits per heavy atom. The number of carbonyl (C=O) groups excluding carboxylic acids is 1. The van der Waals surface area contributed by atoms with E-state index in [0.717, 1.165) is 50.0 Å². The molecule has 2 heterocycles. The van der Waals surface area contributed by atoms with Crippen molar-refractivity contribution in [1.29, 1.82) is 0 Å². The molecule has 2 fully saturated rings. The van der Waals surface area contributed by atoms with Crippen LogP contribution in [0.1, 0.15) is 55.3 Å². The van der Waals surface area contributed by atoms with E-state index in [1.54, 1.807) is 7.11 Å². The summed E-state index contributed by atoms with van der Waals surface area (Å²) in [7, 11) is 1.64. The van der Waals surface area contributed by atoms with Crippen molar-refractivity contribution in [3.8, 4) is 11.5 Å². The maximum atomic E-state index is 13.3. The van der Waals surface area contributed by atoms with Crippen molar-refractivity contribution in [1.82, 2.24) is 9.97 Å². The van der Waals surface area contributed by atoms with Crippen molar-refractivity contribution < 1.29 is 18.7 Å². The van der Waals surface area contributed by atoms with Gasteiger partial charge in [0.2, 0.25) is 5.95 Å². The maximum Gasteiger partial charge on any atom is 0.258 e. The number of benzene rings is 2. The largest absolute Gasteiger partial charge is 0.493 e. The maximum absolute atomic E-state index is 13.3. The van der Waals surface area contributed by atoms with Gasteiger partial charge < -0.3 is 14.4 Å². The molecule has 1 aromatic heterocycles. The molecule has 2 aromatic carbocycles. The lowest BCUT2D eigenvalue weighted by molar-refractivity contribution is 0.102. The van der Waals surface area contributed by atoms with Gasteiger partial charge in [-0.15, -0.1) is 0 Å². The highest BCUT2D eigenvalue weighted by molar-refractivity contribution is 6.04. The van der Waals surface area contributed by atoms with Crippen LogP contribution in [-0.4, -0.2) is 42.2 Å². The molecular formula is C26H29FN4O3. The van der Waals surface area contributed by atoms with Gasteiger partial charge in [-0.05, 0) is 75.3 Å². The molecule has 0 atom stereocenters. The zero-order chi connectivity index (χ0) is 23.5. The molecule has 34 heavy (non-hydrogen) atoms. The Labute approximate surface area is 198 Å². The number of hydrogen-bond donors (Lipinski definition) is 1. The predicted octanol–water partition coefficient (Wildman–Crippen LogP) is 5.34. The topological polar surface area (TPSA) is 76.6 Å². The lowest BCUT2D eigenvalue weighted by atomic mass is 10.1. The van der Waals surface area contributed by atoms with Gasteiger partial charge in [0.05, 0.1) is 18.7 Å². The molecule has 5 rings (SSSR count). The van der Waals surface area contributed by atoms with E-state index in [9.17, 15) is 9.18 Å². The number of fused-ring (bicyclic) bond motifs is 1. The summed E-state index contributed by atoms with van der Waals surface area (Å²) in [5.74, 6) is 1.50. The minimum Gasteiger partial charge on any atom is -0.493 e. The number of rotatable bonds is 6. The molecule has 1 aliphatic carbocycles. The van der Waals surface area contributed by atoms with Crippen molar-refractivity contribution >= 4 is 28.6 Å². The second-order valence-corrected chi connectivity index (χ2v) is 8.92. The van der Waals surface area contributed by atoms with Crippen molar-refractivity contribution in [2.45, 2.75) is 51.0 Å². The van der Waals surface area contributed by atoms with Crippen molar-refractivity contribution in [2.24, 2.45) is 0 Å². The Balaban J connectivity index is 1.54. The number of halogens is 1. The smallest absolute Gasteiger partial charge is 0.258 e. The Kier molecular flexibility index (Phi) is 6.47. The minimum atomic E-state index is -0.394. The summed E-state index contributed by atoms with van der Waals surface area (Å²) in [6.07, 6.45) is 7.93. The van der Waals surface area contributed by atoms with Crippen LogP contribution in [0.2, 0.25) is 0 Å². The van der Waals surface area contributed by atoms with E-state index >= 15 is 0 Å². The highest BCUT2D eigenvalue weighted by Gasteiger charge is 2.23. The molecular weight excluding hydrogens is 435 g/mol. The Morgan fingerprint density at radius 1 is 1.00 bits per heavy atom. The summed E-state index contributed by atoms with van der Waals surface area (Å²) in [5.41, 5.74) is 1.02. The number of nitrogens with zero attached hydrogens (tertiary/aromatic N) is 3. The van der Waals surface area contributed by atoms with Crippen LogP contribution in [0.15, 0.2) is 36.4 Å². The number of amides is 1. The van der Waals surface area contributed by atoms with Crippen LogP contribution in [0, 0.1) is 5.82 Å². The number of nitrogens with one attached hydrogen (secondary N) is 1. The summed E-state index contributed by atoms with van der Waals surface area (Å²) in [4.78, 5) is 24.4. The highest BCUT2D eigenvalue weighted by Crippen LogP contribution is 2.38. The first-order valence-electron chi connectivity index (χ1n) is 12.0. The minimum absolute atomic E-state index is 0.174. The average molecular weight is 465 g/mol. The van der Waals surface area contributed by atoms with Crippen LogP contribution in [-0.2, 0) is 0 Å². The molecule has 0 bridgehead atoms. The van der Waals surface area contributed by atoms with Crippen LogP contribution < -0.4 is 19.7 Å². The first kappa shape index (κ1) is 22.4. The standard InChI is InChI=1S/C26H29FN4O3/c1-33-22-15-20-21(16-23(22)34-19-7-3-4-8-19)28-26(29-24(20)31-13-5-2-6-14-31)30-25(32)17-9-11-18(27)12-10-17/h9-12,15-16,19H,2-8,13-14H2,1H3,(H,28,29,30,32). The van der Waals surface area contributed by atoms with Gasteiger partial charge in [0.15, 0.2) is 11.5 Å². The van der Waals surface area contributed by atoms with Crippen LogP contribution in [0.3, 0.4) is 0 Å². The number of carbonyl (C=O) groups is 1. The lowest BCUT2D eigenvalue weighted by Crippen LogP contribution is -2.30. The normalized spacial score (nSPS) is 16.6. The fraction of sp³-hybridized carbons (Fsp3) is 0.423.